The van der Waals surface area contributed by atoms with E-state index in [0.717, 1.165) is 0 Å². The maximum Gasteiger partial charge on any atom is 0.0173 e. The molecule has 3 aliphatic heterocycles. The maximum atomic E-state index is 2.42. The van der Waals surface area contributed by atoms with Gasteiger partial charge < -0.3 is 0 Å². The zero-order valence-corrected chi connectivity index (χ0v) is 11.0. The lowest BCUT2D eigenvalue weighted by Gasteiger charge is -2.06. The average Bonchev–Trinajstić information content (AvgIpc) is 3.01. The Kier molecular flexibility index (Phi) is 2.85. The summed E-state index contributed by atoms with van der Waals surface area (Å²) in [5.41, 5.74) is 1.54. The minimum absolute atomic E-state index is 1.21. The van der Waals surface area contributed by atoms with Crippen molar-refractivity contribution in [2.45, 2.75) is 0 Å². The minimum Gasteiger partial charge on any atom is -0.0917 e. The molecule has 74 valence electrons. The molecule has 0 N–H and O–H groups in total. The zero-order valence-electron chi connectivity index (χ0n) is 8.35. The van der Waals surface area contributed by atoms with Crippen molar-refractivity contribution in [3.05, 3.63) is 36.0 Å². The number of hydrogen-bond acceptors (Lipinski definition) is 0. The molecule has 15 heavy (non-hydrogen) atoms. The topological polar surface area (TPSA) is 0 Å². The van der Waals surface area contributed by atoms with Crippen molar-refractivity contribution < 1.29 is 0 Å². The fraction of sp³-hybridized carbons (Fsp3) is 0.250. The smallest absolute Gasteiger partial charge is 0.0173 e. The monoisotopic (exact) mass is 248 g/mol. The largest absolute Gasteiger partial charge is 0.0917 e. The summed E-state index contributed by atoms with van der Waals surface area (Å²) < 4.78 is 0. The number of rotatable bonds is 2. The predicted molar refractivity (Wildman–Crippen MR) is 76.7 cm³/mol. The van der Waals surface area contributed by atoms with Crippen LogP contribution in [0, 0.1) is 0 Å². The van der Waals surface area contributed by atoms with Gasteiger partial charge in [0.25, 0.3) is 0 Å². The molecule has 0 aromatic carbocycles. The molecule has 0 atom stereocenters. The van der Waals surface area contributed by atoms with Crippen LogP contribution in [-0.4, -0.2) is 34.4 Å². The van der Waals surface area contributed by atoms with E-state index in [9.17, 15) is 0 Å². The highest BCUT2D eigenvalue weighted by molar-refractivity contribution is 7.56. The summed E-state index contributed by atoms with van der Waals surface area (Å²) in [7, 11) is 4.50. The lowest BCUT2D eigenvalue weighted by atomic mass is 10.1. The molecule has 0 bridgehead atoms. The van der Waals surface area contributed by atoms with Crippen LogP contribution in [0.4, 0.5) is 0 Å². The molecule has 3 aliphatic rings. The van der Waals surface area contributed by atoms with Crippen LogP contribution in [0.1, 0.15) is 0 Å². The lowest BCUT2D eigenvalue weighted by molar-refractivity contribution is 1.78. The van der Waals surface area contributed by atoms with E-state index in [2.05, 4.69) is 30.4 Å². The van der Waals surface area contributed by atoms with Gasteiger partial charge in [-0.2, -0.15) is 0 Å². The first-order chi connectivity index (χ1) is 7.45. The Bertz CT molecular complexity index is 429. The third kappa shape index (κ3) is 1.88. The van der Waals surface area contributed by atoms with Crippen LogP contribution in [0.15, 0.2) is 36.0 Å². The van der Waals surface area contributed by atoms with Crippen LogP contribution >= 0.6 is 24.6 Å². The van der Waals surface area contributed by atoms with Gasteiger partial charge >= 0.3 is 0 Å². The second-order valence-corrected chi connectivity index (χ2v) is 7.02. The van der Waals surface area contributed by atoms with Gasteiger partial charge in [0.2, 0.25) is 0 Å². The van der Waals surface area contributed by atoms with Crippen LogP contribution in [0.25, 0.3) is 0 Å². The Morgan fingerprint density at radius 1 is 0.800 bits per heavy atom. The first-order valence-electron chi connectivity index (χ1n) is 5.13. The van der Waals surface area contributed by atoms with E-state index in [-0.39, 0.29) is 0 Å². The van der Waals surface area contributed by atoms with Crippen molar-refractivity contribution in [3.63, 3.8) is 0 Å². The molecule has 0 fully saturated rings. The highest BCUT2D eigenvalue weighted by atomic mass is 31.1. The molecular weight excluding hydrogens is 237 g/mol. The molecule has 0 aliphatic carbocycles. The van der Waals surface area contributed by atoms with Gasteiger partial charge in [0.05, 0.1) is 0 Å². The molecule has 3 heterocycles. The van der Waals surface area contributed by atoms with Gasteiger partial charge in [-0.15, -0.1) is 0 Å². The lowest BCUT2D eigenvalue weighted by Crippen LogP contribution is -2.12. The molecule has 0 spiro atoms. The van der Waals surface area contributed by atoms with Crippen LogP contribution in [0.5, 0.6) is 0 Å². The standard InChI is InChI=1S/C12H11P3/c1-3-10(13-6-1)9-5-8-15-12(9)11-4-2-7-14-11/h1-5H,6-8H2. The van der Waals surface area contributed by atoms with Crippen molar-refractivity contribution in [2.75, 3.05) is 18.5 Å². The summed E-state index contributed by atoms with van der Waals surface area (Å²) in [5, 5.41) is 4.70. The second-order valence-electron chi connectivity index (χ2n) is 3.56. The quantitative estimate of drug-likeness (QED) is 0.657. The third-order valence-corrected chi connectivity index (χ3v) is 6.17. The Morgan fingerprint density at radius 3 is 2.20 bits per heavy atom. The van der Waals surface area contributed by atoms with E-state index in [4.69, 9.17) is 0 Å². The molecule has 3 heteroatoms. The summed E-state index contributed by atoms with van der Waals surface area (Å²) in [6.07, 6.45) is 15.3. The predicted octanol–water partition coefficient (Wildman–Crippen LogP) is 3.42. The van der Waals surface area contributed by atoms with Crippen LogP contribution in [0.3, 0.4) is 0 Å². The Balaban J connectivity index is 1.94. The molecular formula is C12H11P3. The van der Waals surface area contributed by atoms with Crippen LogP contribution in [-0.2, 0) is 0 Å². The van der Waals surface area contributed by atoms with Crippen molar-refractivity contribution in [1.29, 1.82) is 0 Å². The number of allylic oxidation sites excluding steroid dienone is 6. The molecule has 0 nitrogen and oxygen atoms in total. The Hall–Kier alpha value is -0.270. The highest BCUT2D eigenvalue weighted by Crippen LogP contribution is 2.29. The van der Waals surface area contributed by atoms with E-state index < -0.39 is 0 Å². The van der Waals surface area contributed by atoms with Crippen molar-refractivity contribution in [1.82, 2.24) is 0 Å². The van der Waals surface area contributed by atoms with Gasteiger partial charge in [-0.05, 0) is 5.57 Å². The SMILES string of the molecule is C1=CC(C2=CCP=C2C2=PCC=C2)=PC1. The third-order valence-electron chi connectivity index (χ3n) is 2.60. The zero-order chi connectivity index (χ0) is 10.1. The fourth-order valence-electron chi connectivity index (χ4n) is 1.92. The molecule has 0 aromatic heterocycles. The molecule has 0 saturated heterocycles. The average molecular weight is 248 g/mol. The van der Waals surface area contributed by atoms with Crippen LogP contribution in [0.2, 0.25) is 0 Å². The Morgan fingerprint density at radius 2 is 1.53 bits per heavy atom. The summed E-state index contributed by atoms with van der Waals surface area (Å²) >= 11 is 0. The number of hydrogen-bond donors (Lipinski definition) is 0. The first-order valence-corrected chi connectivity index (χ1v) is 8.37. The van der Waals surface area contributed by atoms with Crippen molar-refractivity contribution in [2.24, 2.45) is 0 Å². The van der Waals surface area contributed by atoms with Gasteiger partial charge in [-0.1, -0.05) is 55.0 Å². The van der Waals surface area contributed by atoms with E-state index in [1.165, 1.54) is 48.4 Å². The Labute approximate surface area is 95.2 Å². The molecule has 0 saturated carbocycles. The summed E-state index contributed by atoms with van der Waals surface area (Å²) in [6, 6.07) is 0. The summed E-state index contributed by atoms with van der Waals surface area (Å²) in [4.78, 5) is 0. The first kappa shape index (κ1) is 9.92. The summed E-state index contributed by atoms with van der Waals surface area (Å²) in [5.74, 6) is 0. The highest BCUT2D eigenvalue weighted by Gasteiger charge is 2.18. The van der Waals surface area contributed by atoms with Crippen molar-refractivity contribution >= 4 is 40.5 Å². The van der Waals surface area contributed by atoms with Gasteiger partial charge in [-0.25, -0.2) is 0 Å². The van der Waals surface area contributed by atoms with E-state index >= 15 is 0 Å². The van der Waals surface area contributed by atoms with E-state index in [0.29, 0.717) is 0 Å². The molecule has 0 amide bonds. The van der Waals surface area contributed by atoms with Crippen LogP contribution < -0.4 is 0 Å². The van der Waals surface area contributed by atoms with E-state index in [1.54, 1.807) is 16.2 Å². The molecule has 0 radical (unpaired) electrons. The van der Waals surface area contributed by atoms with Gasteiger partial charge in [0.15, 0.2) is 0 Å². The molecule has 3 rings (SSSR count). The van der Waals surface area contributed by atoms with Gasteiger partial charge in [-0.3, -0.25) is 0 Å². The molecule has 0 unspecified atom stereocenters. The van der Waals surface area contributed by atoms with Gasteiger partial charge in [0.1, 0.15) is 0 Å². The summed E-state index contributed by atoms with van der Waals surface area (Å²) in [6.45, 7) is 0. The normalized spacial score (nSPS) is 26.1. The fourth-order valence-corrected chi connectivity index (χ4v) is 5.39. The minimum atomic E-state index is 1.21. The molecule has 0 aromatic rings. The maximum absolute atomic E-state index is 2.42. The van der Waals surface area contributed by atoms with Gasteiger partial charge in [0, 0.05) is 34.4 Å². The second kappa shape index (κ2) is 4.31. The van der Waals surface area contributed by atoms with E-state index in [1.807, 2.05) is 0 Å². The van der Waals surface area contributed by atoms with Crippen molar-refractivity contribution in [3.8, 4) is 0 Å².